The topological polar surface area (TPSA) is 88.5 Å². The van der Waals surface area contributed by atoms with Crippen LogP contribution in [0.1, 0.15) is 18.5 Å². The Hall–Kier alpha value is -2.92. The molecular weight excluding hydrogens is 464 g/mol. The van der Waals surface area contributed by atoms with Crippen LogP contribution in [0.15, 0.2) is 54.7 Å². The number of methoxy groups -OCH3 is 1. The third kappa shape index (κ3) is 4.88. The van der Waals surface area contributed by atoms with Gasteiger partial charge in [-0.05, 0) is 30.3 Å². The molecule has 0 aliphatic carbocycles. The number of pyridine rings is 1. The van der Waals surface area contributed by atoms with Crippen LogP contribution in [0.2, 0.25) is 0 Å². The Kier molecular flexibility index (Phi) is 6.85. The van der Waals surface area contributed by atoms with Crippen molar-refractivity contribution < 1.29 is 35.8 Å². The van der Waals surface area contributed by atoms with E-state index in [0.717, 1.165) is 20.1 Å². The lowest BCUT2D eigenvalue weighted by molar-refractivity contribution is -0.257. The molecule has 0 spiro atoms. The second-order valence-electron chi connectivity index (χ2n) is 7.42. The van der Waals surface area contributed by atoms with E-state index < -0.39 is 50.5 Å². The predicted octanol–water partition coefficient (Wildman–Crippen LogP) is 4.26. The minimum absolute atomic E-state index is 0.101. The highest BCUT2D eigenvalue weighted by Crippen LogP contribution is 2.45. The first kappa shape index (κ1) is 24.7. The Balaban J connectivity index is 2.28. The van der Waals surface area contributed by atoms with Crippen LogP contribution in [-0.4, -0.2) is 48.9 Å². The zero-order valence-corrected chi connectivity index (χ0v) is 18.5. The lowest BCUT2D eigenvalue weighted by Gasteiger charge is -2.39. The fourth-order valence-corrected chi connectivity index (χ4v) is 4.72. The molecule has 0 bridgehead atoms. The van der Waals surface area contributed by atoms with Gasteiger partial charge in [-0.15, -0.1) is 0 Å². The van der Waals surface area contributed by atoms with Crippen LogP contribution >= 0.6 is 0 Å². The maximum atomic E-state index is 15.2. The first-order valence-corrected chi connectivity index (χ1v) is 11.7. The highest BCUT2D eigenvalue weighted by molar-refractivity contribution is 7.91. The molecule has 0 aliphatic heterocycles. The molecule has 0 amide bonds. The summed E-state index contributed by atoms with van der Waals surface area (Å²) in [4.78, 5) is 4.14. The molecule has 3 aromatic rings. The predicted molar refractivity (Wildman–Crippen MR) is 116 cm³/mol. The van der Waals surface area contributed by atoms with Crippen molar-refractivity contribution in [2.45, 2.75) is 24.7 Å². The van der Waals surface area contributed by atoms with Gasteiger partial charge in [-0.1, -0.05) is 25.1 Å². The van der Waals surface area contributed by atoms with Crippen LogP contribution in [0.3, 0.4) is 0 Å². The Morgan fingerprint density at radius 1 is 1.12 bits per heavy atom. The summed E-state index contributed by atoms with van der Waals surface area (Å²) in [6, 6.07) is 8.97. The van der Waals surface area contributed by atoms with E-state index in [2.05, 4.69) is 10.3 Å². The van der Waals surface area contributed by atoms with Gasteiger partial charge < -0.3 is 15.2 Å². The molecule has 11 heteroatoms. The highest BCUT2D eigenvalue weighted by atomic mass is 32.2. The molecule has 2 N–H and O–H groups in total. The lowest BCUT2D eigenvalue weighted by Crippen LogP contribution is -2.57. The maximum Gasteiger partial charge on any atom is 0.420 e. The highest BCUT2D eigenvalue weighted by Gasteiger charge is 2.61. The van der Waals surface area contributed by atoms with Crippen molar-refractivity contribution in [2.75, 3.05) is 23.9 Å². The molecule has 1 heterocycles. The quantitative estimate of drug-likeness (QED) is 0.463. The molecule has 6 nitrogen and oxygen atoms in total. The van der Waals surface area contributed by atoms with Crippen molar-refractivity contribution in [3.63, 3.8) is 0 Å². The van der Waals surface area contributed by atoms with E-state index in [1.807, 2.05) is 0 Å². The fourth-order valence-electron chi connectivity index (χ4n) is 3.51. The van der Waals surface area contributed by atoms with Crippen molar-refractivity contribution in [1.29, 1.82) is 0 Å². The number of benzene rings is 2. The molecular formula is C22H22F4N2O4S. The molecule has 3 rings (SSSR count). The monoisotopic (exact) mass is 486 g/mol. The van der Waals surface area contributed by atoms with E-state index in [9.17, 15) is 26.7 Å². The number of hydrogen-bond donors (Lipinski definition) is 2. The molecule has 178 valence electrons. The summed E-state index contributed by atoms with van der Waals surface area (Å²) in [5, 5.41) is 13.9. The normalized spacial score (nSPS) is 15.1. The summed E-state index contributed by atoms with van der Waals surface area (Å²) < 4.78 is 87.5. The van der Waals surface area contributed by atoms with Crippen molar-refractivity contribution in [2.24, 2.45) is 0 Å². The van der Waals surface area contributed by atoms with E-state index in [0.29, 0.717) is 10.9 Å². The second-order valence-corrected chi connectivity index (χ2v) is 9.77. The van der Waals surface area contributed by atoms with Gasteiger partial charge in [0.15, 0.2) is 27.0 Å². The summed E-state index contributed by atoms with van der Waals surface area (Å²) >= 11 is 0. The Morgan fingerprint density at radius 2 is 1.82 bits per heavy atom. The number of hydrogen-bond acceptors (Lipinski definition) is 6. The summed E-state index contributed by atoms with van der Waals surface area (Å²) in [7, 11) is -3.22. The van der Waals surface area contributed by atoms with E-state index in [-0.39, 0.29) is 11.4 Å². The molecule has 33 heavy (non-hydrogen) atoms. The molecule has 0 saturated heterocycles. The number of sulfone groups is 1. The van der Waals surface area contributed by atoms with Gasteiger partial charge in [0.2, 0.25) is 0 Å². The maximum absolute atomic E-state index is 15.2. The van der Waals surface area contributed by atoms with Gasteiger partial charge >= 0.3 is 6.18 Å². The van der Waals surface area contributed by atoms with Crippen molar-refractivity contribution in [3.8, 4) is 5.75 Å². The Bertz CT molecular complexity index is 1250. The second kappa shape index (κ2) is 9.14. The number of fused-ring (bicyclic) bond motifs is 1. The van der Waals surface area contributed by atoms with Crippen LogP contribution in [-0.2, 0) is 9.84 Å². The summed E-state index contributed by atoms with van der Waals surface area (Å²) in [5.41, 5.74) is -3.95. The van der Waals surface area contributed by atoms with Crippen LogP contribution in [0.5, 0.6) is 5.75 Å². The molecule has 0 fully saturated rings. The number of alkyl halides is 3. The van der Waals surface area contributed by atoms with Gasteiger partial charge in [-0.25, -0.2) is 12.8 Å². The standard InChI is InChI=1S/C22H22F4N2O4S/c1-3-33(30,31)13-21(29,22(24,25)26)20(15-7-4-11-18(32-2)19(15)23)28-17-10-5-9-16-14(17)8-6-12-27-16/h4-12,20,28-29H,3,13H2,1-2H3. The zero-order valence-electron chi connectivity index (χ0n) is 17.7. The van der Waals surface area contributed by atoms with Crippen LogP contribution in [0, 0.1) is 5.82 Å². The SMILES string of the molecule is CCS(=O)(=O)CC(O)(C(Nc1cccc2ncccc12)c1cccc(OC)c1F)C(F)(F)F. The third-order valence-corrected chi connectivity index (χ3v) is 7.08. The van der Waals surface area contributed by atoms with Crippen LogP contribution < -0.4 is 10.1 Å². The van der Waals surface area contributed by atoms with Gasteiger partial charge in [0, 0.05) is 28.6 Å². The molecule has 0 saturated carbocycles. The molecule has 0 radical (unpaired) electrons. The number of aromatic nitrogens is 1. The number of ether oxygens (including phenoxy) is 1. The van der Waals surface area contributed by atoms with Gasteiger partial charge in [-0.3, -0.25) is 4.98 Å². The van der Waals surface area contributed by atoms with Gasteiger partial charge in [0.25, 0.3) is 0 Å². The Labute approximate surface area is 188 Å². The van der Waals surface area contributed by atoms with Gasteiger partial charge in [0.05, 0.1) is 24.4 Å². The average molecular weight is 486 g/mol. The number of aliphatic hydroxyl groups is 1. The van der Waals surface area contributed by atoms with Crippen LogP contribution in [0.4, 0.5) is 23.2 Å². The van der Waals surface area contributed by atoms with Crippen LogP contribution in [0.25, 0.3) is 10.9 Å². The van der Waals surface area contributed by atoms with E-state index in [4.69, 9.17) is 4.74 Å². The number of nitrogens with one attached hydrogen (secondary N) is 1. The molecule has 1 aromatic heterocycles. The zero-order chi connectivity index (χ0) is 24.4. The third-order valence-electron chi connectivity index (χ3n) is 5.32. The first-order chi connectivity index (χ1) is 15.4. The molecule has 2 aromatic carbocycles. The lowest BCUT2D eigenvalue weighted by atomic mass is 9.88. The van der Waals surface area contributed by atoms with E-state index in [1.165, 1.54) is 30.5 Å². The molecule has 2 atom stereocenters. The molecule has 2 unspecified atom stereocenters. The number of rotatable bonds is 8. The van der Waals surface area contributed by atoms with Crippen molar-refractivity contribution >= 4 is 26.4 Å². The van der Waals surface area contributed by atoms with Crippen molar-refractivity contribution in [3.05, 3.63) is 66.1 Å². The van der Waals surface area contributed by atoms with E-state index >= 15 is 4.39 Å². The first-order valence-electron chi connectivity index (χ1n) is 9.85. The van der Waals surface area contributed by atoms with Crippen molar-refractivity contribution in [1.82, 2.24) is 4.98 Å². The van der Waals surface area contributed by atoms with Gasteiger partial charge in [0.1, 0.15) is 0 Å². The van der Waals surface area contributed by atoms with E-state index in [1.54, 1.807) is 18.2 Å². The summed E-state index contributed by atoms with van der Waals surface area (Å²) in [6.07, 6.45) is -3.95. The van der Waals surface area contributed by atoms with Gasteiger partial charge in [-0.2, -0.15) is 13.2 Å². The fraction of sp³-hybridized carbons (Fsp3) is 0.318. The average Bonchev–Trinajstić information content (AvgIpc) is 2.77. The molecule has 0 aliphatic rings. The minimum atomic E-state index is -5.44. The summed E-state index contributed by atoms with van der Waals surface area (Å²) in [5.74, 6) is -3.83. The Morgan fingerprint density at radius 3 is 2.45 bits per heavy atom. The minimum Gasteiger partial charge on any atom is -0.494 e. The smallest absolute Gasteiger partial charge is 0.420 e. The number of nitrogens with zero attached hydrogens (tertiary/aromatic N) is 1. The number of halogens is 4. The largest absolute Gasteiger partial charge is 0.494 e. The number of anilines is 1. The summed E-state index contributed by atoms with van der Waals surface area (Å²) in [6.45, 7) is 1.16.